The Morgan fingerprint density at radius 3 is 2.32 bits per heavy atom. The number of rotatable bonds is 6. The van der Waals surface area contributed by atoms with Crippen LogP contribution in [0.5, 0.6) is 17.2 Å². The summed E-state index contributed by atoms with van der Waals surface area (Å²) in [5, 5.41) is 4.01. The Kier molecular flexibility index (Phi) is 6.98. The number of methoxy groups -OCH3 is 3. The zero-order valence-electron chi connectivity index (χ0n) is 21.2. The molecule has 0 unspecified atom stereocenters. The van der Waals surface area contributed by atoms with Crippen LogP contribution >= 0.6 is 0 Å². The van der Waals surface area contributed by atoms with Crippen LogP contribution in [0.15, 0.2) is 72.8 Å². The van der Waals surface area contributed by atoms with Gasteiger partial charge in [0.25, 0.3) is 0 Å². The van der Waals surface area contributed by atoms with E-state index in [-0.39, 0.29) is 6.03 Å². The SMILES string of the molecule is COc1ccc(-c2cccc3ccc(N4CCN(C(=O)Nc5ccccc5OC)CC4)nc23)c(OC)c1. The maximum atomic E-state index is 12.9. The summed E-state index contributed by atoms with van der Waals surface area (Å²) >= 11 is 0. The number of nitrogens with one attached hydrogen (secondary N) is 1. The van der Waals surface area contributed by atoms with Gasteiger partial charge in [-0.1, -0.05) is 30.3 Å². The van der Waals surface area contributed by atoms with E-state index in [1.165, 1.54) is 0 Å². The van der Waals surface area contributed by atoms with Crippen LogP contribution in [0.4, 0.5) is 16.3 Å². The van der Waals surface area contributed by atoms with Crippen molar-refractivity contribution in [1.29, 1.82) is 0 Å². The van der Waals surface area contributed by atoms with Crippen LogP contribution in [0.1, 0.15) is 0 Å². The topological polar surface area (TPSA) is 76.2 Å². The summed E-state index contributed by atoms with van der Waals surface area (Å²) < 4.78 is 16.4. The second-order valence-electron chi connectivity index (χ2n) is 8.72. The molecule has 1 aliphatic heterocycles. The summed E-state index contributed by atoms with van der Waals surface area (Å²) in [6.07, 6.45) is 0. The Morgan fingerprint density at radius 1 is 0.784 bits per heavy atom. The van der Waals surface area contributed by atoms with E-state index in [0.29, 0.717) is 37.6 Å². The molecular weight excluding hydrogens is 468 g/mol. The molecule has 0 aliphatic carbocycles. The van der Waals surface area contributed by atoms with Gasteiger partial charge in [-0.2, -0.15) is 0 Å². The highest BCUT2D eigenvalue weighted by Gasteiger charge is 2.23. The van der Waals surface area contributed by atoms with Gasteiger partial charge in [-0.3, -0.25) is 0 Å². The molecular formula is C29H30N4O4. The lowest BCUT2D eigenvalue weighted by atomic mass is 10.0. The molecule has 3 aromatic carbocycles. The molecule has 1 aromatic heterocycles. The van der Waals surface area contributed by atoms with Gasteiger partial charge in [0.05, 0.1) is 32.5 Å². The van der Waals surface area contributed by atoms with Gasteiger partial charge in [0.15, 0.2) is 0 Å². The molecule has 8 nitrogen and oxygen atoms in total. The van der Waals surface area contributed by atoms with Crippen LogP contribution in [-0.2, 0) is 0 Å². The molecule has 0 atom stereocenters. The first kappa shape index (κ1) is 24.2. The highest BCUT2D eigenvalue weighted by Crippen LogP contribution is 2.37. The molecule has 1 aliphatic rings. The molecule has 0 spiro atoms. The Hall–Kier alpha value is -4.46. The molecule has 2 amide bonds. The van der Waals surface area contributed by atoms with Crippen molar-refractivity contribution >= 4 is 28.4 Å². The summed E-state index contributed by atoms with van der Waals surface area (Å²) in [5.41, 5.74) is 3.51. The van der Waals surface area contributed by atoms with Gasteiger partial charge in [0, 0.05) is 48.8 Å². The van der Waals surface area contributed by atoms with Crippen LogP contribution < -0.4 is 24.4 Å². The molecule has 4 aromatic rings. The molecule has 0 saturated carbocycles. The van der Waals surface area contributed by atoms with E-state index in [4.69, 9.17) is 19.2 Å². The summed E-state index contributed by atoms with van der Waals surface area (Å²) in [5.74, 6) is 2.99. The zero-order valence-corrected chi connectivity index (χ0v) is 21.2. The van der Waals surface area contributed by atoms with Crippen molar-refractivity contribution in [2.75, 3.05) is 57.7 Å². The van der Waals surface area contributed by atoms with Gasteiger partial charge >= 0.3 is 6.03 Å². The molecule has 5 rings (SSSR count). The Labute approximate surface area is 216 Å². The van der Waals surface area contributed by atoms with E-state index in [9.17, 15) is 4.79 Å². The molecule has 1 saturated heterocycles. The zero-order chi connectivity index (χ0) is 25.8. The predicted octanol–water partition coefficient (Wildman–Crippen LogP) is 5.28. The van der Waals surface area contributed by atoms with Crippen molar-refractivity contribution in [3.05, 3.63) is 72.8 Å². The van der Waals surface area contributed by atoms with E-state index < -0.39 is 0 Å². The number of para-hydroxylation sites is 3. The van der Waals surface area contributed by atoms with Crippen molar-refractivity contribution < 1.29 is 19.0 Å². The quantitative estimate of drug-likeness (QED) is 0.390. The van der Waals surface area contributed by atoms with Crippen LogP contribution in [-0.4, -0.2) is 63.4 Å². The molecule has 1 N–H and O–H groups in total. The summed E-state index contributed by atoms with van der Waals surface area (Å²) in [6.45, 7) is 2.56. The predicted molar refractivity (Wildman–Crippen MR) is 146 cm³/mol. The monoisotopic (exact) mass is 498 g/mol. The lowest BCUT2D eigenvalue weighted by Crippen LogP contribution is -2.50. The molecule has 190 valence electrons. The highest BCUT2D eigenvalue weighted by molar-refractivity contribution is 5.96. The first-order valence-corrected chi connectivity index (χ1v) is 12.2. The van der Waals surface area contributed by atoms with Gasteiger partial charge in [-0.15, -0.1) is 0 Å². The summed E-state index contributed by atoms with van der Waals surface area (Å²) in [7, 11) is 4.89. The number of carbonyl (C=O) groups excluding carboxylic acids is 1. The number of fused-ring (bicyclic) bond motifs is 1. The van der Waals surface area contributed by atoms with Crippen LogP contribution in [0.25, 0.3) is 22.0 Å². The van der Waals surface area contributed by atoms with E-state index in [0.717, 1.165) is 39.3 Å². The number of hydrogen-bond acceptors (Lipinski definition) is 6. The number of benzene rings is 3. The first-order chi connectivity index (χ1) is 18.1. The number of urea groups is 1. The van der Waals surface area contributed by atoms with Gasteiger partial charge in [-0.25, -0.2) is 9.78 Å². The fraction of sp³-hybridized carbons (Fsp3) is 0.241. The van der Waals surface area contributed by atoms with Gasteiger partial charge < -0.3 is 29.3 Å². The minimum atomic E-state index is -0.135. The number of carbonyl (C=O) groups is 1. The van der Waals surface area contributed by atoms with Crippen LogP contribution in [0.3, 0.4) is 0 Å². The van der Waals surface area contributed by atoms with Crippen LogP contribution in [0, 0.1) is 0 Å². The lowest BCUT2D eigenvalue weighted by Gasteiger charge is -2.35. The van der Waals surface area contributed by atoms with Crippen molar-refractivity contribution in [3.8, 4) is 28.4 Å². The van der Waals surface area contributed by atoms with E-state index in [1.54, 1.807) is 21.3 Å². The van der Waals surface area contributed by atoms with Gasteiger partial charge in [-0.05, 0) is 36.4 Å². The van der Waals surface area contributed by atoms with Gasteiger partial charge in [0.2, 0.25) is 0 Å². The van der Waals surface area contributed by atoms with Crippen molar-refractivity contribution in [2.24, 2.45) is 0 Å². The first-order valence-electron chi connectivity index (χ1n) is 12.2. The van der Waals surface area contributed by atoms with Gasteiger partial charge in [0.1, 0.15) is 23.1 Å². The number of aromatic nitrogens is 1. The van der Waals surface area contributed by atoms with E-state index in [1.807, 2.05) is 59.5 Å². The fourth-order valence-electron chi connectivity index (χ4n) is 4.63. The minimum absolute atomic E-state index is 0.135. The molecule has 8 heteroatoms. The van der Waals surface area contributed by atoms with E-state index in [2.05, 4.69) is 28.4 Å². The average molecular weight is 499 g/mol. The lowest BCUT2D eigenvalue weighted by molar-refractivity contribution is 0.208. The third-order valence-electron chi connectivity index (χ3n) is 6.64. The summed E-state index contributed by atoms with van der Waals surface area (Å²) in [4.78, 5) is 22.0. The maximum absolute atomic E-state index is 12.9. The Balaban J connectivity index is 1.35. The number of hydrogen-bond donors (Lipinski definition) is 1. The minimum Gasteiger partial charge on any atom is -0.497 e. The third kappa shape index (κ3) is 4.95. The molecule has 37 heavy (non-hydrogen) atoms. The number of piperazine rings is 1. The highest BCUT2D eigenvalue weighted by atomic mass is 16.5. The molecule has 0 bridgehead atoms. The second kappa shape index (κ2) is 10.7. The number of pyridine rings is 1. The summed E-state index contributed by atoms with van der Waals surface area (Å²) in [6, 6.07) is 23.4. The smallest absolute Gasteiger partial charge is 0.322 e. The van der Waals surface area contributed by atoms with Crippen molar-refractivity contribution in [1.82, 2.24) is 9.88 Å². The van der Waals surface area contributed by atoms with Crippen molar-refractivity contribution in [3.63, 3.8) is 0 Å². The number of ether oxygens (including phenoxy) is 3. The number of anilines is 2. The molecule has 2 heterocycles. The maximum Gasteiger partial charge on any atom is 0.322 e. The Morgan fingerprint density at radius 2 is 1.57 bits per heavy atom. The second-order valence-corrected chi connectivity index (χ2v) is 8.72. The normalized spacial score (nSPS) is 13.4. The number of amides is 2. The van der Waals surface area contributed by atoms with Crippen molar-refractivity contribution in [2.45, 2.75) is 0 Å². The Bertz CT molecular complexity index is 1420. The largest absolute Gasteiger partial charge is 0.497 e. The van der Waals surface area contributed by atoms with Crippen LogP contribution in [0.2, 0.25) is 0 Å². The van der Waals surface area contributed by atoms with E-state index >= 15 is 0 Å². The number of nitrogens with zero attached hydrogens (tertiary/aromatic N) is 3. The third-order valence-corrected chi connectivity index (χ3v) is 6.64. The molecule has 1 fully saturated rings. The molecule has 0 radical (unpaired) electrons. The average Bonchev–Trinajstić information content (AvgIpc) is 2.96. The standard InChI is InChI=1S/C29H30N4O4/c1-35-21-12-13-22(26(19-21)37-3)23-8-6-7-20-11-14-27(31-28(20)23)32-15-17-33(18-16-32)29(34)30-24-9-4-5-10-25(24)36-2/h4-14,19H,15-18H2,1-3H3,(H,30,34). The fourth-order valence-corrected chi connectivity index (χ4v) is 4.63.